The van der Waals surface area contributed by atoms with Gasteiger partial charge >= 0.3 is 0 Å². The molecule has 1 unspecified atom stereocenters. The second-order valence-corrected chi connectivity index (χ2v) is 3.69. The van der Waals surface area contributed by atoms with Crippen molar-refractivity contribution in [1.29, 1.82) is 0 Å². The topological polar surface area (TPSA) is 29.1 Å². The molecule has 1 heterocycles. The molecular formula is C8H13NO. The lowest BCUT2D eigenvalue weighted by Crippen LogP contribution is -2.43. The molecule has 2 nitrogen and oxygen atoms in total. The van der Waals surface area contributed by atoms with E-state index in [1.807, 2.05) is 0 Å². The van der Waals surface area contributed by atoms with Gasteiger partial charge in [0, 0.05) is 11.5 Å². The number of piperidine rings is 1. The minimum Gasteiger partial charge on any atom is -0.353 e. The summed E-state index contributed by atoms with van der Waals surface area (Å²) in [6, 6.07) is 0.415. The van der Waals surface area contributed by atoms with Crippen LogP contribution in [0.4, 0.5) is 0 Å². The summed E-state index contributed by atoms with van der Waals surface area (Å²) in [5.74, 6) is 0.311. The van der Waals surface area contributed by atoms with Crippen LogP contribution >= 0.6 is 0 Å². The van der Waals surface area contributed by atoms with Gasteiger partial charge in [-0.05, 0) is 32.6 Å². The first-order valence-electron chi connectivity index (χ1n) is 4.04. The van der Waals surface area contributed by atoms with Crippen LogP contribution in [0.5, 0.6) is 0 Å². The van der Waals surface area contributed by atoms with E-state index in [4.69, 9.17) is 0 Å². The molecule has 1 saturated heterocycles. The van der Waals surface area contributed by atoms with Crippen molar-refractivity contribution < 1.29 is 4.79 Å². The molecule has 1 amide bonds. The van der Waals surface area contributed by atoms with E-state index in [-0.39, 0.29) is 5.41 Å². The van der Waals surface area contributed by atoms with Gasteiger partial charge in [-0.25, -0.2) is 0 Å². The molecule has 0 bridgehead atoms. The maximum absolute atomic E-state index is 11.3. The van der Waals surface area contributed by atoms with E-state index < -0.39 is 0 Å². The molecule has 10 heavy (non-hydrogen) atoms. The summed E-state index contributed by atoms with van der Waals surface area (Å²) in [5.41, 5.74) is 0.118. The van der Waals surface area contributed by atoms with Crippen LogP contribution in [0.3, 0.4) is 0 Å². The van der Waals surface area contributed by atoms with Crippen molar-refractivity contribution in [3.8, 4) is 0 Å². The number of nitrogens with one attached hydrogen (secondary N) is 1. The third-order valence-corrected chi connectivity index (χ3v) is 2.77. The molecule has 1 aliphatic heterocycles. The Labute approximate surface area is 61.0 Å². The number of carbonyl (C=O) groups excluding carboxylic acids is 1. The Kier molecular flexibility index (Phi) is 1.08. The number of hydrogen-bond donors (Lipinski definition) is 1. The Morgan fingerprint density at radius 2 is 2.20 bits per heavy atom. The zero-order chi connectivity index (χ0) is 7.19. The minimum atomic E-state index is 0.118. The molecule has 1 saturated carbocycles. The first kappa shape index (κ1) is 6.20. The third kappa shape index (κ3) is 0.746. The smallest absolute Gasteiger partial charge is 0.226 e. The summed E-state index contributed by atoms with van der Waals surface area (Å²) in [7, 11) is 0. The monoisotopic (exact) mass is 139 g/mol. The van der Waals surface area contributed by atoms with Crippen LogP contribution in [0, 0.1) is 5.41 Å². The fourth-order valence-electron chi connectivity index (χ4n) is 1.68. The van der Waals surface area contributed by atoms with Gasteiger partial charge in [-0.2, -0.15) is 0 Å². The quantitative estimate of drug-likeness (QED) is 0.534. The van der Waals surface area contributed by atoms with Crippen molar-refractivity contribution in [2.75, 3.05) is 0 Å². The Bertz CT molecular complexity index is 172. The maximum atomic E-state index is 11.3. The Morgan fingerprint density at radius 3 is 2.70 bits per heavy atom. The van der Waals surface area contributed by atoms with Crippen LogP contribution in [0.25, 0.3) is 0 Å². The summed E-state index contributed by atoms with van der Waals surface area (Å²) in [4.78, 5) is 11.3. The standard InChI is InChI=1S/C8H13NO/c1-6-2-3-8(4-5-8)7(10)9-6/h6H,2-5H2,1H3,(H,9,10). The molecular weight excluding hydrogens is 126 g/mol. The van der Waals surface area contributed by atoms with Crippen molar-refractivity contribution in [2.45, 2.75) is 38.6 Å². The molecule has 1 N–H and O–H groups in total. The van der Waals surface area contributed by atoms with Gasteiger partial charge in [0.25, 0.3) is 0 Å². The van der Waals surface area contributed by atoms with E-state index in [0.717, 1.165) is 19.3 Å². The third-order valence-electron chi connectivity index (χ3n) is 2.77. The van der Waals surface area contributed by atoms with E-state index in [1.165, 1.54) is 6.42 Å². The lowest BCUT2D eigenvalue weighted by Gasteiger charge is -2.26. The summed E-state index contributed by atoms with van der Waals surface area (Å²) in [6.07, 6.45) is 4.56. The molecule has 2 heteroatoms. The lowest BCUT2D eigenvalue weighted by molar-refractivity contribution is -0.129. The number of carbonyl (C=O) groups is 1. The highest BCUT2D eigenvalue weighted by atomic mass is 16.2. The zero-order valence-electron chi connectivity index (χ0n) is 6.31. The second-order valence-electron chi connectivity index (χ2n) is 3.69. The van der Waals surface area contributed by atoms with Crippen molar-refractivity contribution in [2.24, 2.45) is 5.41 Å². The van der Waals surface area contributed by atoms with Crippen molar-refractivity contribution in [3.63, 3.8) is 0 Å². The maximum Gasteiger partial charge on any atom is 0.226 e. The summed E-state index contributed by atoms with van der Waals surface area (Å²) in [5, 5.41) is 2.99. The molecule has 56 valence electrons. The van der Waals surface area contributed by atoms with E-state index in [2.05, 4.69) is 12.2 Å². The molecule has 2 aliphatic rings. The molecule has 2 fully saturated rings. The summed E-state index contributed by atoms with van der Waals surface area (Å²) in [6.45, 7) is 2.08. The van der Waals surface area contributed by atoms with Gasteiger partial charge in [0.1, 0.15) is 0 Å². The molecule has 0 radical (unpaired) electrons. The molecule has 1 atom stereocenters. The van der Waals surface area contributed by atoms with Gasteiger partial charge in [-0.15, -0.1) is 0 Å². The minimum absolute atomic E-state index is 0.118. The highest BCUT2D eigenvalue weighted by Gasteiger charge is 2.51. The van der Waals surface area contributed by atoms with Crippen LogP contribution in [-0.4, -0.2) is 11.9 Å². The highest BCUT2D eigenvalue weighted by Crippen LogP contribution is 2.51. The zero-order valence-corrected chi connectivity index (χ0v) is 6.31. The van der Waals surface area contributed by atoms with Crippen molar-refractivity contribution >= 4 is 5.91 Å². The van der Waals surface area contributed by atoms with E-state index >= 15 is 0 Å². The van der Waals surface area contributed by atoms with Gasteiger partial charge < -0.3 is 5.32 Å². The molecule has 0 aromatic carbocycles. The largest absolute Gasteiger partial charge is 0.353 e. The van der Waals surface area contributed by atoms with E-state index in [9.17, 15) is 4.79 Å². The second kappa shape index (κ2) is 1.74. The Hall–Kier alpha value is -0.530. The first-order chi connectivity index (χ1) is 4.73. The lowest BCUT2D eigenvalue weighted by atomic mass is 9.92. The van der Waals surface area contributed by atoms with Crippen molar-refractivity contribution in [3.05, 3.63) is 0 Å². The number of hydrogen-bond acceptors (Lipinski definition) is 1. The van der Waals surface area contributed by atoms with Crippen LogP contribution in [0.2, 0.25) is 0 Å². The predicted octanol–water partition coefficient (Wildman–Crippen LogP) is 1.07. The predicted molar refractivity (Wildman–Crippen MR) is 38.5 cm³/mol. The van der Waals surface area contributed by atoms with Gasteiger partial charge in [0.2, 0.25) is 5.91 Å². The summed E-state index contributed by atoms with van der Waals surface area (Å²) >= 11 is 0. The fourth-order valence-corrected chi connectivity index (χ4v) is 1.68. The van der Waals surface area contributed by atoms with Gasteiger partial charge in [-0.3, -0.25) is 4.79 Å². The number of amides is 1. The van der Waals surface area contributed by atoms with E-state index in [1.54, 1.807) is 0 Å². The highest BCUT2D eigenvalue weighted by molar-refractivity contribution is 5.86. The van der Waals surface area contributed by atoms with Gasteiger partial charge in [-0.1, -0.05) is 0 Å². The number of rotatable bonds is 0. The van der Waals surface area contributed by atoms with E-state index in [0.29, 0.717) is 11.9 Å². The molecule has 0 aromatic heterocycles. The van der Waals surface area contributed by atoms with Crippen LogP contribution in [-0.2, 0) is 4.79 Å². The normalized spacial score (nSPS) is 35.7. The van der Waals surface area contributed by atoms with Crippen LogP contribution in [0.15, 0.2) is 0 Å². The molecule has 1 aliphatic carbocycles. The molecule has 0 aromatic rings. The Morgan fingerprint density at radius 1 is 1.50 bits per heavy atom. The average Bonchev–Trinajstić information content (AvgIpc) is 2.62. The average molecular weight is 139 g/mol. The Balaban J connectivity index is 2.08. The fraction of sp³-hybridized carbons (Fsp3) is 0.875. The van der Waals surface area contributed by atoms with Crippen LogP contribution in [0.1, 0.15) is 32.6 Å². The first-order valence-corrected chi connectivity index (χ1v) is 4.04. The molecule has 2 rings (SSSR count). The van der Waals surface area contributed by atoms with Crippen LogP contribution < -0.4 is 5.32 Å². The van der Waals surface area contributed by atoms with Gasteiger partial charge in [0.05, 0.1) is 0 Å². The van der Waals surface area contributed by atoms with Gasteiger partial charge in [0.15, 0.2) is 0 Å². The SMILES string of the molecule is CC1CCC2(CC2)C(=O)N1. The molecule has 1 spiro atoms. The van der Waals surface area contributed by atoms with Crippen molar-refractivity contribution in [1.82, 2.24) is 5.32 Å². The summed E-state index contributed by atoms with van der Waals surface area (Å²) < 4.78 is 0.